The van der Waals surface area contributed by atoms with Gasteiger partial charge in [0.05, 0.1) is 30.3 Å². The highest BCUT2D eigenvalue weighted by Gasteiger charge is 2.35. The number of rotatable bonds is 2. The van der Waals surface area contributed by atoms with Gasteiger partial charge in [0.25, 0.3) is 0 Å². The molecular formula is C21H19N3O3. The van der Waals surface area contributed by atoms with Gasteiger partial charge in [-0.05, 0) is 43.2 Å². The van der Waals surface area contributed by atoms with E-state index in [0.717, 1.165) is 11.3 Å². The Morgan fingerprint density at radius 3 is 2.81 bits per heavy atom. The van der Waals surface area contributed by atoms with Crippen LogP contribution in [0.4, 0.5) is 11.4 Å². The van der Waals surface area contributed by atoms with Crippen molar-refractivity contribution in [3.05, 3.63) is 53.6 Å². The zero-order valence-corrected chi connectivity index (χ0v) is 15.0. The Balaban J connectivity index is 1.66. The molecule has 0 fully saturated rings. The molecule has 6 nitrogen and oxygen atoms in total. The number of amides is 2. The molecule has 1 atom stereocenters. The third-order valence-corrected chi connectivity index (χ3v) is 5.06. The molecule has 136 valence electrons. The fourth-order valence-electron chi connectivity index (χ4n) is 3.83. The SMILES string of the molecule is CC1Cc2c(C#N)cccc2N1C(=O)CN1C(=O)CCOc2ccccc21. The molecule has 2 heterocycles. The molecule has 2 aromatic rings. The molecule has 2 aliphatic rings. The summed E-state index contributed by atoms with van der Waals surface area (Å²) in [6.45, 7) is 2.20. The number of ether oxygens (including phenoxy) is 1. The molecule has 6 heteroatoms. The number of benzene rings is 2. The summed E-state index contributed by atoms with van der Waals surface area (Å²) < 4.78 is 5.64. The van der Waals surface area contributed by atoms with E-state index in [4.69, 9.17) is 4.74 Å². The van der Waals surface area contributed by atoms with Gasteiger partial charge in [-0.15, -0.1) is 0 Å². The number of nitriles is 1. The van der Waals surface area contributed by atoms with Crippen molar-refractivity contribution in [2.75, 3.05) is 23.0 Å². The molecule has 4 rings (SSSR count). The maximum absolute atomic E-state index is 13.2. The lowest BCUT2D eigenvalue weighted by Crippen LogP contribution is -2.45. The highest BCUT2D eigenvalue weighted by molar-refractivity contribution is 6.05. The second kappa shape index (κ2) is 6.76. The number of anilines is 2. The van der Waals surface area contributed by atoms with Crippen molar-refractivity contribution in [3.63, 3.8) is 0 Å². The molecule has 2 aliphatic heterocycles. The molecule has 27 heavy (non-hydrogen) atoms. The van der Waals surface area contributed by atoms with Gasteiger partial charge in [-0.2, -0.15) is 5.26 Å². The summed E-state index contributed by atoms with van der Waals surface area (Å²) in [5.41, 5.74) is 2.87. The Morgan fingerprint density at radius 2 is 2.00 bits per heavy atom. The van der Waals surface area contributed by atoms with Crippen LogP contribution in [0.2, 0.25) is 0 Å². The van der Waals surface area contributed by atoms with Crippen molar-refractivity contribution in [2.45, 2.75) is 25.8 Å². The van der Waals surface area contributed by atoms with Crippen molar-refractivity contribution < 1.29 is 14.3 Å². The lowest BCUT2D eigenvalue weighted by molar-refractivity contribution is -0.122. The zero-order valence-electron chi connectivity index (χ0n) is 15.0. The van der Waals surface area contributed by atoms with E-state index in [1.54, 1.807) is 29.2 Å². The van der Waals surface area contributed by atoms with Crippen LogP contribution in [0.15, 0.2) is 42.5 Å². The van der Waals surface area contributed by atoms with Crippen molar-refractivity contribution in [2.24, 2.45) is 0 Å². The van der Waals surface area contributed by atoms with Gasteiger partial charge in [0, 0.05) is 11.7 Å². The quantitative estimate of drug-likeness (QED) is 0.824. The monoisotopic (exact) mass is 361 g/mol. The lowest BCUT2D eigenvalue weighted by Gasteiger charge is -2.27. The molecule has 0 aliphatic carbocycles. The van der Waals surface area contributed by atoms with Crippen LogP contribution < -0.4 is 14.5 Å². The van der Waals surface area contributed by atoms with Crippen LogP contribution in [0, 0.1) is 11.3 Å². The van der Waals surface area contributed by atoms with E-state index in [1.807, 2.05) is 25.1 Å². The third kappa shape index (κ3) is 2.91. The van der Waals surface area contributed by atoms with E-state index >= 15 is 0 Å². The van der Waals surface area contributed by atoms with E-state index < -0.39 is 0 Å². The Kier molecular flexibility index (Phi) is 4.28. The molecule has 0 aromatic heterocycles. The molecule has 0 bridgehead atoms. The third-order valence-electron chi connectivity index (χ3n) is 5.06. The Bertz CT molecular complexity index is 963. The summed E-state index contributed by atoms with van der Waals surface area (Å²) in [5, 5.41) is 9.33. The standard InChI is InChI=1S/C21H19N3O3/c1-14-11-16-15(12-22)5-4-7-17(16)24(14)21(26)13-23-18-6-2-3-8-19(18)27-10-9-20(23)25/h2-8,14H,9-11,13H2,1H3. The number of hydrogen-bond acceptors (Lipinski definition) is 4. The van der Waals surface area contributed by atoms with Crippen molar-refractivity contribution >= 4 is 23.2 Å². The van der Waals surface area contributed by atoms with Gasteiger partial charge in [-0.25, -0.2) is 0 Å². The van der Waals surface area contributed by atoms with Gasteiger partial charge in [-0.1, -0.05) is 18.2 Å². The maximum Gasteiger partial charge on any atom is 0.247 e. The van der Waals surface area contributed by atoms with Crippen molar-refractivity contribution in [3.8, 4) is 11.8 Å². The number of para-hydroxylation sites is 2. The molecule has 0 saturated heterocycles. The van der Waals surface area contributed by atoms with Crippen LogP contribution in [0.1, 0.15) is 24.5 Å². The predicted molar refractivity (Wildman–Crippen MR) is 101 cm³/mol. The fourth-order valence-corrected chi connectivity index (χ4v) is 3.83. The normalized spacial score (nSPS) is 18.2. The van der Waals surface area contributed by atoms with Gasteiger partial charge < -0.3 is 9.64 Å². The largest absolute Gasteiger partial charge is 0.491 e. The first-order valence-corrected chi connectivity index (χ1v) is 8.96. The second-order valence-electron chi connectivity index (χ2n) is 6.78. The molecule has 0 saturated carbocycles. The number of fused-ring (bicyclic) bond motifs is 2. The highest BCUT2D eigenvalue weighted by atomic mass is 16.5. The highest BCUT2D eigenvalue weighted by Crippen LogP contribution is 2.35. The average Bonchev–Trinajstić information content (AvgIpc) is 2.93. The number of nitrogens with zero attached hydrogens (tertiary/aromatic N) is 3. The van der Waals surface area contributed by atoms with Crippen LogP contribution >= 0.6 is 0 Å². The van der Waals surface area contributed by atoms with Gasteiger partial charge >= 0.3 is 0 Å². The average molecular weight is 361 g/mol. The first-order valence-electron chi connectivity index (χ1n) is 8.96. The number of carbonyl (C=O) groups excluding carboxylic acids is 2. The van der Waals surface area contributed by atoms with Crippen LogP contribution in [0.25, 0.3) is 0 Å². The van der Waals surface area contributed by atoms with E-state index in [2.05, 4.69) is 6.07 Å². The molecule has 0 spiro atoms. The van der Waals surface area contributed by atoms with Gasteiger partial charge in [0.2, 0.25) is 11.8 Å². The molecule has 0 N–H and O–H groups in total. The van der Waals surface area contributed by atoms with Crippen LogP contribution in [-0.2, 0) is 16.0 Å². The molecule has 0 radical (unpaired) electrons. The summed E-state index contributed by atoms with van der Waals surface area (Å²) in [4.78, 5) is 29.0. The zero-order chi connectivity index (χ0) is 19.0. The molecule has 2 aromatic carbocycles. The molecular weight excluding hydrogens is 342 g/mol. The van der Waals surface area contributed by atoms with Crippen molar-refractivity contribution in [1.29, 1.82) is 5.26 Å². The fraction of sp³-hybridized carbons (Fsp3) is 0.286. The summed E-state index contributed by atoms with van der Waals surface area (Å²) in [7, 11) is 0. The number of hydrogen-bond donors (Lipinski definition) is 0. The lowest BCUT2D eigenvalue weighted by atomic mass is 10.0. The van der Waals surface area contributed by atoms with Crippen LogP contribution in [0.5, 0.6) is 5.75 Å². The molecule has 2 amide bonds. The first-order chi connectivity index (χ1) is 13.1. The predicted octanol–water partition coefficient (Wildman–Crippen LogP) is 2.65. The van der Waals surface area contributed by atoms with Gasteiger partial charge in [-0.3, -0.25) is 14.5 Å². The van der Waals surface area contributed by atoms with E-state index in [-0.39, 0.29) is 30.8 Å². The minimum atomic E-state index is -0.165. The molecule has 1 unspecified atom stereocenters. The Morgan fingerprint density at radius 1 is 1.22 bits per heavy atom. The minimum Gasteiger partial charge on any atom is -0.491 e. The summed E-state index contributed by atoms with van der Waals surface area (Å²) in [6.07, 6.45) is 0.866. The topological polar surface area (TPSA) is 73.6 Å². The van der Waals surface area contributed by atoms with Crippen LogP contribution in [-0.4, -0.2) is 31.0 Å². The van der Waals surface area contributed by atoms with Crippen LogP contribution in [0.3, 0.4) is 0 Å². The van der Waals surface area contributed by atoms with E-state index in [0.29, 0.717) is 30.0 Å². The number of carbonyl (C=O) groups is 2. The Labute approximate surface area is 157 Å². The van der Waals surface area contributed by atoms with Gasteiger partial charge in [0.15, 0.2) is 0 Å². The van der Waals surface area contributed by atoms with E-state index in [9.17, 15) is 14.9 Å². The summed E-state index contributed by atoms with van der Waals surface area (Å²) in [6, 6.07) is 14.8. The van der Waals surface area contributed by atoms with Gasteiger partial charge in [0.1, 0.15) is 12.3 Å². The smallest absolute Gasteiger partial charge is 0.247 e. The summed E-state index contributed by atoms with van der Waals surface area (Å²) >= 11 is 0. The second-order valence-corrected chi connectivity index (χ2v) is 6.78. The first kappa shape index (κ1) is 17.1. The van der Waals surface area contributed by atoms with Crippen molar-refractivity contribution in [1.82, 2.24) is 0 Å². The minimum absolute atomic E-state index is 0.0558. The summed E-state index contributed by atoms with van der Waals surface area (Å²) in [5.74, 6) is 0.310. The van der Waals surface area contributed by atoms with E-state index in [1.165, 1.54) is 4.90 Å². The maximum atomic E-state index is 13.2. The Hall–Kier alpha value is -3.33.